The third-order valence-corrected chi connectivity index (χ3v) is 1.30. The Kier molecular flexibility index (Phi) is 3.57. The predicted octanol–water partition coefficient (Wildman–Crippen LogP) is 2.22. The normalized spacial score (nSPS) is 8.92. The van der Waals surface area contributed by atoms with Gasteiger partial charge in [-0.15, -0.1) is 0 Å². The van der Waals surface area contributed by atoms with Gasteiger partial charge in [-0.25, -0.2) is 4.79 Å². The highest BCUT2D eigenvalue weighted by Gasteiger charge is 1.99. The van der Waals surface area contributed by atoms with E-state index < -0.39 is 6.09 Å². The zero-order valence-electron chi connectivity index (χ0n) is 7.12. The van der Waals surface area contributed by atoms with Crippen molar-refractivity contribution in [3.63, 3.8) is 0 Å². The Morgan fingerprint density at radius 3 is 2.92 bits per heavy atom. The van der Waals surface area contributed by atoms with Gasteiger partial charge in [-0.1, -0.05) is 24.8 Å². The Morgan fingerprint density at radius 1 is 1.62 bits per heavy atom. The lowest BCUT2D eigenvalue weighted by atomic mass is 10.3. The number of carbonyl (C=O) groups excluding carboxylic acids is 1. The second-order valence-electron chi connectivity index (χ2n) is 2.30. The number of hydrogen-bond donors (Lipinski definition) is 1. The highest BCUT2D eigenvalue weighted by molar-refractivity contribution is 5.84. The maximum atomic E-state index is 11.0. The summed E-state index contributed by atoms with van der Waals surface area (Å²) in [5.74, 6) is 0. The fourth-order valence-corrected chi connectivity index (χ4v) is 0.759. The van der Waals surface area contributed by atoms with E-state index in [1.807, 2.05) is 0 Å². The molecule has 0 aliphatic carbocycles. The molecule has 0 unspecified atom stereocenters. The van der Waals surface area contributed by atoms with Gasteiger partial charge in [0.2, 0.25) is 0 Å². The lowest BCUT2D eigenvalue weighted by Gasteiger charge is -2.03. The molecule has 3 nitrogen and oxygen atoms in total. The topological polar surface area (TPSA) is 38.3 Å². The number of ether oxygens (including phenoxy) is 1. The maximum Gasteiger partial charge on any atom is 0.411 e. The average molecular weight is 176 g/mol. The van der Waals surface area contributed by atoms with Crippen molar-refractivity contribution in [3.05, 3.63) is 43.0 Å². The number of nitrogens with one attached hydrogen (secondary N) is 1. The lowest BCUT2D eigenvalue weighted by Crippen LogP contribution is -2.13. The number of carbonyl (C=O) groups is 1. The van der Waals surface area contributed by atoms with E-state index >= 15 is 0 Å². The van der Waals surface area contributed by atoms with Gasteiger partial charge in [0.05, 0.1) is 0 Å². The van der Waals surface area contributed by atoms with Crippen LogP contribution in [0.2, 0.25) is 0 Å². The van der Waals surface area contributed by atoms with Gasteiger partial charge in [-0.2, -0.15) is 0 Å². The van der Waals surface area contributed by atoms with Crippen LogP contribution in [0.4, 0.5) is 10.5 Å². The Labute approximate surface area is 77.0 Å². The van der Waals surface area contributed by atoms with Crippen LogP contribution in [0.5, 0.6) is 0 Å². The first-order valence-electron chi connectivity index (χ1n) is 3.83. The van der Waals surface area contributed by atoms with Crippen molar-refractivity contribution in [2.75, 3.05) is 11.9 Å². The molecule has 67 valence electrons. The van der Waals surface area contributed by atoms with Gasteiger partial charge < -0.3 is 4.74 Å². The standard InChI is InChI=1S/C10H10NO2/c1-2-8-13-10(12)11-9-6-4-3-5-7-9/h2,4-7H,1,8H2,(H,11,12). The molecule has 1 radical (unpaired) electrons. The number of amides is 1. The first-order chi connectivity index (χ1) is 6.33. The van der Waals surface area contributed by atoms with E-state index in [-0.39, 0.29) is 6.61 Å². The molecule has 0 heterocycles. The highest BCUT2D eigenvalue weighted by Crippen LogP contribution is 2.04. The molecule has 0 saturated carbocycles. The molecule has 1 aromatic rings. The minimum absolute atomic E-state index is 0.213. The average Bonchev–Trinajstić information content (AvgIpc) is 2.16. The molecule has 0 bridgehead atoms. The number of rotatable bonds is 3. The molecule has 1 rings (SSSR count). The van der Waals surface area contributed by atoms with Crippen LogP contribution in [0.15, 0.2) is 36.9 Å². The van der Waals surface area contributed by atoms with E-state index in [2.05, 4.69) is 18.0 Å². The van der Waals surface area contributed by atoms with E-state index in [0.29, 0.717) is 5.69 Å². The Bertz CT molecular complexity index is 282. The van der Waals surface area contributed by atoms with Crippen LogP contribution in [0.1, 0.15) is 0 Å². The van der Waals surface area contributed by atoms with Crippen LogP contribution in [0.3, 0.4) is 0 Å². The Morgan fingerprint density at radius 2 is 2.31 bits per heavy atom. The van der Waals surface area contributed by atoms with Crippen molar-refractivity contribution in [2.24, 2.45) is 0 Å². The van der Waals surface area contributed by atoms with Crippen molar-refractivity contribution in [3.8, 4) is 0 Å². The third kappa shape index (κ3) is 3.42. The lowest BCUT2D eigenvalue weighted by molar-refractivity contribution is 0.174. The van der Waals surface area contributed by atoms with Crippen molar-refractivity contribution >= 4 is 11.8 Å². The van der Waals surface area contributed by atoms with Gasteiger partial charge in [0.25, 0.3) is 0 Å². The zero-order valence-corrected chi connectivity index (χ0v) is 7.12. The van der Waals surface area contributed by atoms with Gasteiger partial charge in [0.1, 0.15) is 6.61 Å². The molecule has 0 spiro atoms. The van der Waals surface area contributed by atoms with E-state index in [9.17, 15) is 4.79 Å². The van der Waals surface area contributed by atoms with Crippen molar-refractivity contribution in [1.29, 1.82) is 0 Å². The van der Waals surface area contributed by atoms with E-state index in [0.717, 1.165) is 0 Å². The fourth-order valence-electron chi connectivity index (χ4n) is 0.759. The molecule has 3 heteroatoms. The van der Waals surface area contributed by atoms with E-state index in [1.54, 1.807) is 24.3 Å². The molecule has 0 aliphatic heterocycles. The van der Waals surface area contributed by atoms with Crippen molar-refractivity contribution in [1.82, 2.24) is 0 Å². The van der Waals surface area contributed by atoms with Gasteiger partial charge in [-0.05, 0) is 18.2 Å². The summed E-state index contributed by atoms with van der Waals surface area (Å²) in [5.41, 5.74) is 0.688. The fraction of sp³-hybridized carbons (Fsp3) is 0.100. The summed E-state index contributed by atoms with van der Waals surface area (Å²) < 4.78 is 4.72. The molecule has 0 aliphatic rings. The van der Waals surface area contributed by atoms with Crippen LogP contribution < -0.4 is 5.32 Å². The van der Waals surface area contributed by atoms with Gasteiger partial charge in [0.15, 0.2) is 0 Å². The highest BCUT2D eigenvalue weighted by atomic mass is 16.5. The largest absolute Gasteiger partial charge is 0.445 e. The van der Waals surface area contributed by atoms with Gasteiger partial charge in [0, 0.05) is 5.69 Å². The molecule has 1 N–H and O–H groups in total. The number of anilines is 1. The van der Waals surface area contributed by atoms with Gasteiger partial charge >= 0.3 is 6.09 Å². The van der Waals surface area contributed by atoms with Crippen LogP contribution in [-0.2, 0) is 4.74 Å². The molecular formula is C10H10NO2. The van der Waals surface area contributed by atoms with Crippen LogP contribution in [0.25, 0.3) is 0 Å². The molecule has 0 aromatic heterocycles. The van der Waals surface area contributed by atoms with Gasteiger partial charge in [-0.3, -0.25) is 5.32 Å². The predicted molar refractivity (Wildman–Crippen MR) is 50.4 cm³/mol. The smallest absolute Gasteiger partial charge is 0.411 e. The first kappa shape index (κ1) is 9.32. The summed E-state index contributed by atoms with van der Waals surface area (Å²) in [6, 6.07) is 9.73. The van der Waals surface area contributed by atoms with E-state index in [1.165, 1.54) is 6.08 Å². The quantitative estimate of drug-likeness (QED) is 0.717. The molecule has 1 aromatic carbocycles. The van der Waals surface area contributed by atoms with Crippen molar-refractivity contribution in [2.45, 2.75) is 0 Å². The molecular weight excluding hydrogens is 166 g/mol. The summed E-state index contributed by atoms with van der Waals surface area (Å²) in [6.45, 7) is 3.64. The minimum Gasteiger partial charge on any atom is -0.445 e. The molecule has 0 atom stereocenters. The second kappa shape index (κ2) is 4.98. The Balaban J connectivity index is 2.41. The Hall–Kier alpha value is -1.77. The third-order valence-electron chi connectivity index (χ3n) is 1.30. The maximum absolute atomic E-state index is 11.0. The molecule has 0 fully saturated rings. The molecule has 0 saturated heterocycles. The molecule has 13 heavy (non-hydrogen) atoms. The van der Waals surface area contributed by atoms with Crippen molar-refractivity contribution < 1.29 is 9.53 Å². The minimum atomic E-state index is -0.480. The first-order valence-corrected chi connectivity index (χ1v) is 3.83. The van der Waals surface area contributed by atoms with Crippen LogP contribution in [0, 0.1) is 6.07 Å². The summed E-state index contributed by atoms with van der Waals surface area (Å²) in [6.07, 6.45) is 1.03. The number of hydrogen-bond acceptors (Lipinski definition) is 2. The summed E-state index contributed by atoms with van der Waals surface area (Å²) in [7, 11) is 0. The number of benzene rings is 1. The summed E-state index contributed by atoms with van der Waals surface area (Å²) in [4.78, 5) is 11.0. The second-order valence-corrected chi connectivity index (χ2v) is 2.30. The monoisotopic (exact) mass is 176 g/mol. The summed E-state index contributed by atoms with van der Waals surface area (Å²) in [5, 5.41) is 2.55. The van der Waals surface area contributed by atoms with Crippen LogP contribution in [-0.4, -0.2) is 12.7 Å². The van der Waals surface area contributed by atoms with E-state index in [4.69, 9.17) is 4.74 Å². The SMILES string of the molecule is C=CCOC(=O)Nc1cc[c]cc1. The molecule has 1 amide bonds. The zero-order chi connectivity index (χ0) is 9.52. The van der Waals surface area contributed by atoms with Crippen LogP contribution >= 0.6 is 0 Å². The summed E-state index contributed by atoms with van der Waals surface area (Å²) >= 11 is 0.